The highest BCUT2D eigenvalue weighted by molar-refractivity contribution is 5.89. The maximum Gasteiger partial charge on any atom is 0.233 e. The van der Waals surface area contributed by atoms with Crippen LogP contribution in [0.15, 0.2) is 48.8 Å². The second kappa shape index (κ2) is 7.59. The number of hydrogen-bond donors (Lipinski definition) is 0. The van der Waals surface area contributed by atoms with Crippen LogP contribution < -0.4 is 9.64 Å². The highest BCUT2D eigenvalue weighted by Gasteiger charge is 2.45. The summed E-state index contributed by atoms with van der Waals surface area (Å²) in [5.41, 5.74) is 1.92. The molecule has 0 atom stereocenters. The van der Waals surface area contributed by atoms with Crippen LogP contribution in [0.2, 0.25) is 0 Å². The molecule has 1 saturated carbocycles. The van der Waals surface area contributed by atoms with Crippen LogP contribution in [-0.4, -0.2) is 49.1 Å². The molecule has 1 amide bonds. The summed E-state index contributed by atoms with van der Waals surface area (Å²) < 4.78 is 5.29. The van der Waals surface area contributed by atoms with E-state index in [9.17, 15) is 4.79 Å². The van der Waals surface area contributed by atoms with Gasteiger partial charge in [0.15, 0.2) is 0 Å². The topological polar surface area (TPSA) is 45.7 Å². The summed E-state index contributed by atoms with van der Waals surface area (Å²) in [7, 11) is 1.67. The molecule has 1 aliphatic heterocycles. The van der Waals surface area contributed by atoms with Crippen molar-refractivity contribution in [1.29, 1.82) is 0 Å². The zero-order valence-electron chi connectivity index (χ0n) is 15.9. The number of ether oxygens (including phenoxy) is 1. The Balaban J connectivity index is 1.50. The van der Waals surface area contributed by atoms with Crippen molar-refractivity contribution < 1.29 is 9.53 Å². The predicted octanol–water partition coefficient (Wildman–Crippen LogP) is 3.25. The Hall–Kier alpha value is -2.56. The molecule has 0 unspecified atom stereocenters. The SMILES string of the molecule is COc1ccc(C2(C(=O)N3CCN(c4cccnc4)CC3)CCCC2)cc1. The molecular weight excluding hydrogens is 338 g/mol. The van der Waals surface area contributed by atoms with Gasteiger partial charge in [0, 0.05) is 32.4 Å². The van der Waals surface area contributed by atoms with Crippen molar-refractivity contribution in [2.24, 2.45) is 0 Å². The van der Waals surface area contributed by atoms with Crippen molar-refractivity contribution in [3.63, 3.8) is 0 Å². The monoisotopic (exact) mass is 365 g/mol. The first-order valence-electron chi connectivity index (χ1n) is 9.82. The fourth-order valence-electron chi connectivity index (χ4n) is 4.53. The third kappa shape index (κ3) is 3.38. The van der Waals surface area contributed by atoms with Crippen LogP contribution in [-0.2, 0) is 10.2 Å². The zero-order chi connectivity index (χ0) is 18.7. The standard InChI is InChI=1S/C22H27N3O2/c1-27-20-8-6-18(7-9-20)22(10-2-3-11-22)21(26)25-15-13-24(14-16-25)19-5-4-12-23-17-19/h4-9,12,17H,2-3,10-11,13-16H2,1H3. The summed E-state index contributed by atoms with van der Waals surface area (Å²) in [6, 6.07) is 12.2. The first-order valence-corrected chi connectivity index (χ1v) is 9.82. The third-order valence-electron chi connectivity index (χ3n) is 6.09. The molecule has 5 heteroatoms. The molecule has 142 valence electrons. The minimum atomic E-state index is -0.358. The molecule has 4 rings (SSSR count). The van der Waals surface area contributed by atoms with Gasteiger partial charge in [-0.25, -0.2) is 0 Å². The number of anilines is 1. The van der Waals surface area contributed by atoms with Gasteiger partial charge in [-0.05, 0) is 42.7 Å². The molecule has 1 aliphatic carbocycles. The second-order valence-electron chi connectivity index (χ2n) is 7.51. The van der Waals surface area contributed by atoms with Crippen molar-refractivity contribution in [2.75, 3.05) is 38.2 Å². The van der Waals surface area contributed by atoms with E-state index in [0.29, 0.717) is 5.91 Å². The largest absolute Gasteiger partial charge is 0.497 e. The number of nitrogens with zero attached hydrogens (tertiary/aromatic N) is 3. The van der Waals surface area contributed by atoms with Crippen LogP contribution in [0.4, 0.5) is 5.69 Å². The molecule has 0 spiro atoms. The zero-order valence-corrected chi connectivity index (χ0v) is 15.9. The summed E-state index contributed by atoms with van der Waals surface area (Å²) in [6.07, 6.45) is 7.82. The molecule has 0 N–H and O–H groups in total. The number of methoxy groups -OCH3 is 1. The fraction of sp³-hybridized carbons (Fsp3) is 0.455. The Morgan fingerprint density at radius 3 is 2.33 bits per heavy atom. The Morgan fingerprint density at radius 1 is 1.04 bits per heavy atom. The molecule has 0 radical (unpaired) electrons. The molecule has 2 heterocycles. The van der Waals surface area contributed by atoms with Crippen molar-refractivity contribution >= 4 is 11.6 Å². The van der Waals surface area contributed by atoms with Gasteiger partial charge in [-0.2, -0.15) is 0 Å². The van der Waals surface area contributed by atoms with Gasteiger partial charge in [-0.3, -0.25) is 9.78 Å². The Bertz CT molecular complexity index is 762. The van der Waals surface area contributed by atoms with Crippen LogP contribution >= 0.6 is 0 Å². The van der Waals surface area contributed by atoms with Gasteiger partial charge in [-0.1, -0.05) is 25.0 Å². The van der Waals surface area contributed by atoms with Crippen LogP contribution in [0.1, 0.15) is 31.2 Å². The quantitative estimate of drug-likeness (QED) is 0.834. The normalized spacial score (nSPS) is 19.1. The smallest absolute Gasteiger partial charge is 0.233 e. The number of aromatic nitrogens is 1. The molecule has 2 aromatic rings. The number of pyridine rings is 1. The Kier molecular flexibility index (Phi) is 5.01. The minimum absolute atomic E-state index is 0.302. The predicted molar refractivity (Wildman–Crippen MR) is 106 cm³/mol. The number of carbonyl (C=O) groups excluding carboxylic acids is 1. The van der Waals surface area contributed by atoms with Gasteiger partial charge < -0.3 is 14.5 Å². The van der Waals surface area contributed by atoms with E-state index in [1.807, 2.05) is 24.4 Å². The molecule has 2 fully saturated rings. The lowest BCUT2D eigenvalue weighted by Crippen LogP contribution is -2.54. The van der Waals surface area contributed by atoms with Gasteiger partial charge in [0.1, 0.15) is 5.75 Å². The van der Waals surface area contributed by atoms with Gasteiger partial charge in [0.2, 0.25) is 5.91 Å². The average Bonchev–Trinajstić information content (AvgIpc) is 3.25. The van der Waals surface area contributed by atoms with Crippen molar-refractivity contribution in [2.45, 2.75) is 31.1 Å². The van der Waals surface area contributed by atoms with E-state index in [1.165, 1.54) is 0 Å². The van der Waals surface area contributed by atoms with Gasteiger partial charge >= 0.3 is 0 Å². The van der Waals surface area contributed by atoms with E-state index < -0.39 is 0 Å². The summed E-state index contributed by atoms with van der Waals surface area (Å²) >= 11 is 0. The van der Waals surface area contributed by atoms with Gasteiger partial charge in [0.25, 0.3) is 0 Å². The molecular formula is C22H27N3O2. The average molecular weight is 365 g/mol. The van der Waals surface area contributed by atoms with Crippen molar-refractivity contribution in [3.8, 4) is 5.75 Å². The lowest BCUT2D eigenvalue weighted by atomic mass is 9.77. The van der Waals surface area contributed by atoms with Crippen LogP contribution in [0, 0.1) is 0 Å². The van der Waals surface area contributed by atoms with Crippen LogP contribution in [0.3, 0.4) is 0 Å². The number of carbonyl (C=O) groups is 1. The Labute approximate surface area is 161 Å². The minimum Gasteiger partial charge on any atom is -0.497 e. The first kappa shape index (κ1) is 17.8. The number of rotatable bonds is 4. The van der Waals surface area contributed by atoms with E-state index in [-0.39, 0.29) is 5.41 Å². The third-order valence-corrected chi connectivity index (χ3v) is 6.09. The Morgan fingerprint density at radius 2 is 1.74 bits per heavy atom. The summed E-state index contributed by atoms with van der Waals surface area (Å²) in [5, 5.41) is 0. The highest BCUT2D eigenvalue weighted by atomic mass is 16.5. The van der Waals surface area contributed by atoms with E-state index in [2.05, 4.69) is 33.0 Å². The van der Waals surface area contributed by atoms with E-state index in [4.69, 9.17) is 4.74 Å². The maximum absolute atomic E-state index is 13.6. The number of amides is 1. The van der Waals surface area contributed by atoms with Crippen molar-refractivity contribution in [1.82, 2.24) is 9.88 Å². The molecule has 2 aliphatic rings. The highest BCUT2D eigenvalue weighted by Crippen LogP contribution is 2.43. The molecule has 1 aromatic carbocycles. The summed E-state index contributed by atoms with van der Waals surface area (Å²) in [4.78, 5) is 22.2. The first-order chi connectivity index (χ1) is 13.2. The summed E-state index contributed by atoms with van der Waals surface area (Å²) in [5.74, 6) is 1.14. The lowest BCUT2D eigenvalue weighted by molar-refractivity contribution is -0.137. The molecule has 27 heavy (non-hydrogen) atoms. The molecule has 5 nitrogen and oxygen atoms in total. The number of benzene rings is 1. The number of hydrogen-bond acceptors (Lipinski definition) is 4. The summed E-state index contributed by atoms with van der Waals surface area (Å²) in [6.45, 7) is 3.25. The molecule has 1 saturated heterocycles. The second-order valence-corrected chi connectivity index (χ2v) is 7.51. The van der Waals surface area contributed by atoms with Crippen LogP contribution in [0.25, 0.3) is 0 Å². The fourth-order valence-corrected chi connectivity index (χ4v) is 4.53. The van der Waals surface area contributed by atoms with Crippen molar-refractivity contribution in [3.05, 3.63) is 54.4 Å². The van der Waals surface area contributed by atoms with E-state index >= 15 is 0 Å². The van der Waals surface area contributed by atoms with Gasteiger partial charge in [-0.15, -0.1) is 0 Å². The van der Waals surface area contributed by atoms with Gasteiger partial charge in [0.05, 0.1) is 24.4 Å². The van der Waals surface area contributed by atoms with E-state index in [0.717, 1.165) is 68.9 Å². The van der Waals surface area contributed by atoms with Crippen LogP contribution in [0.5, 0.6) is 5.75 Å². The lowest BCUT2D eigenvalue weighted by Gasteiger charge is -2.40. The maximum atomic E-state index is 13.6. The molecule has 0 bridgehead atoms. The number of piperazine rings is 1. The van der Waals surface area contributed by atoms with E-state index in [1.54, 1.807) is 13.3 Å². The molecule has 1 aromatic heterocycles.